The van der Waals surface area contributed by atoms with Crippen LogP contribution in [0.25, 0.3) is 0 Å². The van der Waals surface area contributed by atoms with E-state index in [1.807, 2.05) is 13.0 Å². The van der Waals surface area contributed by atoms with Crippen molar-refractivity contribution in [2.75, 3.05) is 26.4 Å². The Labute approximate surface area is 128 Å². The molecule has 1 rings (SSSR count). The Kier molecular flexibility index (Phi) is 8.94. The van der Waals surface area contributed by atoms with Crippen molar-refractivity contribution < 1.29 is 14.2 Å². The van der Waals surface area contributed by atoms with Crippen molar-refractivity contribution >= 4 is 12.6 Å². The number of rotatable bonds is 10. The van der Waals surface area contributed by atoms with Crippen LogP contribution in [-0.2, 0) is 14.2 Å². The van der Waals surface area contributed by atoms with E-state index in [-0.39, 0.29) is 18.1 Å². The summed E-state index contributed by atoms with van der Waals surface area (Å²) in [7, 11) is 0. The van der Waals surface area contributed by atoms with E-state index < -0.39 is 0 Å². The van der Waals surface area contributed by atoms with Crippen LogP contribution in [0, 0.1) is 5.92 Å². The maximum absolute atomic E-state index is 5.85. The topological polar surface area (TPSA) is 52.4 Å². The van der Waals surface area contributed by atoms with Crippen molar-refractivity contribution in [3.05, 3.63) is 12.3 Å². The molecule has 0 radical (unpaired) electrons. The lowest BCUT2D eigenvalue weighted by Crippen LogP contribution is -2.38. The Morgan fingerprint density at radius 2 is 2.14 bits per heavy atom. The molecule has 120 valence electrons. The molecule has 5 nitrogen and oxygen atoms in total. The van der Waals surface area contributed by atoms with Crippen molar-refractivity contribution in [1.29, 1.82) is 0 Å². The molecule has 0 aromatic rings. The molecule has 5 heteroatoms. The van der Waals surface area contributed by atoms with E-state index in [9.17, 15) is 0 Å². The molecule has 2 unspecified atom stereocenters. The smallest absolute Gasteiger partial charge is 0.183 e. The highest BCUT2D eigenvalue weighted by atomic mass is 16.6. The molecule has 2 atom stereocenters. The van der Waals surface area contributed by atoms with E-state index in [4.69, 9.17) is 19.2 Å². The first kappa shape index (κ1) is 17.9. The van der Waals surface area contributed by atoms with Gasteiger partial charge in [0, 0.05) is 25.1 Å². The monoisotopic (exact) mass is 296 g/mol. The fourth-order valence-corrected chi connectivity index (χ4v) is 2.07. The molecular weight excluding hydrogens is 268 g/mol. The number of hydrogen-bond donors (Lipinski definition) is 0. The van der Waals surface area contributed by atoms with Crippen LogP contribution in [0.3, 0.4) is 0 Å². The molecule has 1 aliphatic heterocycles. The zero-order chi connectivity index (χ0) is 15.5. The van der Waals surface area contributed by atoms with Crippen molar-refractivity contribution in [3.63, 3.8) is 0 Å². The quantitative estimate of drug-likeness (QED) is 0.460. The van der Waals surface area contributed by atoms with Gasteiger partial charge in [0.2, 0.25) is 0 Å². The second kappa shape index (κ2) is 10.5. The fraction of sp³-hybridized carbons (Fsp3) is 0.750. The van der Waals surface area contributed by atoms with Gasteiger partial charge in [-0.2, -0.15) is 0 Å². The molecule has 1 saturated heterocycles. The van der Waals surface area contributed by atoms with E-state index >= 15 is 0 Å². The van der Waals surface area contributed by atoms with Gasteiger partial charge in [0.1, 0.15) is 6.10 Å². The molecule has 1 fully saturated rings. The minimum absolute atomic E-state index is 0.130. The van der Waals surface area contributed by atoms with Crippen LogP contribution in [0.2, 0.25) is 0 Å². The molecule has 0 bridgehead atoms. The molecular formula is C16H28N2O3. The largest absolute Gasteiger partial charge is 0.473 e. The lowest BCUT2D eigenvalue weighted by molar-refractivity contribution is -0.0871. The van der Waals surface area contributed by atoms with Crippen LogP contribution in [0.1, 0.15) is 33.6 Å². The number of ether oxygens (including phenoxy) is 3. The molecule has 0 saturated carbocycles. The van der Waals surface area contributed by atoms with Crippen molar-refractivity contribution in [2.24, 2.45) is 15.9 Å². The number of aliphatic imine (C=N–C) groups is 2. The number of hydrogen-bond acceptors (Lipinski definition) is 5. The zero-order valence-corrected chi connectivity index (χ0v) is 13.5. The molecule has 0 aromatic heterocycles. The van der Waals surface area contributed by atoms with Crippen molar-refractivity contribution in [3.8, 4) is 0 Å². The third-order valence-electron chi connectivity index (χ3n) is 3.39. The Morgan fingerprint density at radius 1 is 1.38 bits per heavy atom. The van der Waals surface area contributed by atoms with Gasteiger partial charge in [0.05, 0.1) is 25.9 Å². The number of nitrogens with zero attached hydrogens (tertiary/aromatic N) is 2. The predicted octanol–water partition coefficient (Wildman–Crippen LogP) is 2.86. The lowest BCUT2D eigenvalue weighted by Gasteiger charge is -2.28. The third-order valence-corrected chi connectivity index (χ3v) is 3.39. The Morgan fingerprint density at radius 3 is 2.62 bits per heavy atom. The molecule has 0 aromatic carbocycles. The first-order chi connectivity index (χ1) is 10.2. The molecule has 1 heterocycles. The van der Waals surface area contributed by atoms with E-state index in [2.05, 4.69) is 25.6 Å². The SMILES string of the molecule is C=N/C=C\C(COCC)C(CC)N=C(CC)OC1COC1. The van der Waals surface area contributed by atoms with Gasteiger partial charge >= 0.3 is 0 Å². The van der Waals surface area contributed by atoms with Gasteiger partial charge < -0.3 is 14.2 Å². The lowest BCUT2D eigenvalue weighted by atomic mass is 9.98. The summed E-state index contributed by atoms with van der Waals surface area (Å²) in [6.45, 7) is 12.3. The van der Waals surface area contributed by atoms with E-state index in [0.717, 1.165) is 18.7 Å². The highest BCUT2D eigenvalue weighted by Gasteiger charge is 2.23. The van der Waals surface area contributed by atoms with Gasteiger partial charge in [0.25, 0.3) is 0 Å². The van der Waals surface area contributed by atoms with Crippen LogP contribution in [0.5, 0.6) is 0 Å². The van der Waals surface area contributed by atoms with Gasteiger partial charge in [-0.05, 0) is 20.1 Å². The maximum atomic E-state index is 5.85. The van der Waals surface area contributed by atoms with Gasteiger partial charge in [-0.25, -0.2) is 0 Å². The standard InChI is InChI=1S/C16H28N2O3/c1-5-15(13(8-9-17-4)10-19-7-3)18-16(6-2)21-14-11-20-12-14/h8-9,13-15H,4-7,10-12H2,1-3H3/b9-8-,18-16?. The van der Waals surface area contributed by atoms with E-state index in [0.29, 0.717) is 26.4 Å². The summed E-state index contributed by atoms with van der Waals surface area (Å²) < 4.78 is 16.5. The second-order valence-corrected chi connectivity index (χ2v) is 4.98. The zero-order valence-electron chi connectivity index (χ0n) is 13.5. The summed E-state index contributed by atoms with van der Waals surface area (Å²) in [5, 5.41) is 0. The summed E-state index contributed by atoms with van der Waals surface area (Å²) in [6, 6.07) is 0.130. The molecule has 0 aliphatic carbocycles. The van der Waals surface area contributed by atoms with Crippen LogP contribution in [0.15, 0.2) is 22.3 Å². The van der Waals surface area contributed by atoms with E-state index in [1.54, 1.807) is 6.20 Å². The second-order valence-electron chi connectivity index (χ2n) is 4.98. The van der Waals surface area contributed by atoms with Crippen LogP contribution in [0.4, 0.5) is 0 Å². The fourth-order valence-electron chi connectivity index (χ4n) is 2.07. The van der Waals surface area contributed by atoms with E-state index in [1.165, 1.54) is 0 Å². The minimum atomic E-state index is 0.130. The highest BCUT2D eigenvalue weighted by molar-refractivity contribution is 5.76. The summed E-state index contributed by atoms with van der Waals surface area (Å²) in [5.74, 6) is 0.986. The van der Waals surface area contributed by atoms with Crippen molar-refractivity contribution in [2.45, 2.75) is 45.8 Å². The van der Waals surface area contributed by atoms with Crippen LogP contribution >= 0.6 is 0 Å². The summed E-state index contributed by atoms with van der Waals surface area (Å²) in [5.41, 5.74) is 0. The summed E-state index contributed by atoms with van der Waals surface area (Å²) in [4.78, 5) is 8.57. The van der Waals surface area contributed by atoms with Crippen LogP contribution in [-0.4, -0.2) is 51.2 Å². The minimum Gasteiger partial charge on any atom is -0.473 e. The van der Waals surface area contributed by atoms with Gasteiger partial charge in [-0.1, -0.05) is 19.9 Å². The summed E-state index contributed by atoms with van der Waals surface area (Å²) >= 11 is 0. The Bertz CT molecular complexity index is 351. The van der Waals surface area contributed by atoms with Gasteiger partial charge in [-0.3, -0.25) is 9.98 Å². The summed E-state index contributed by atoms with van der Waals surface area (Å²) in [6.07, 6.45) is 5.61. The average molecular weight is 296 g/mol. The molecule has 0 spiro atoms. The average Bonchev–Trinajstić information content (AvgIpc) is 2.46. The Balaban J connectivity index is 2.72. The molecule has 0 amide bonds. The highest BCUT2D eigenvalue weighted by Crippen LogP contribution is 2.17. The Hall–Kier alpha value is -1.20. The first-order valence-electron chi connectivity index (χ1n) is 7.76. The van der Waals surface area contributed by atoms with Gasteiger partial charge in [0.15, 0.2) is 5.90 Å². The van der Waals surface area contributed by atoms with Gasteiger partial charge in [-0.15, -0.1) is 0 Å². The predicted molar refractivity (Wildman–Crippen MR) is 86.2 cm³/mol. The maximum Gasteiger partial charge on any atom is 0.183 e. The first-order valence-corrected chi connectivity index (χ1v) is 7.76. The normalized spacial score (nSPS) is 19.3. The third kappa shape index (κ3) is 6.40. The van der Waals surface area contributed by atoms with Crippen LogP contribution < -0.4 is 0 Å². The van der Waals surface area contributed by atoms with Crippen molar-refractivity contribution in [1.82, 2.24) is 0 Å². The molecule has 0 N–H and O–H groups in total. The molecule has 21 heavy (non-hydrogen) atoms. The molecule has 1 aliphatic rings.